The van der Waals surface area contributed by atoms with Crippen LogP contribution in [0.25, 0.3) is 11.1 Å². The number of hydrogen-bond donors (Lipinski definition) is 1. The van der Waals surface area contributed by atoms with Gasteiger partial charge in [-0.1, -0.05) is 30.3 Å². The summed E-state index contributed by atoms with van der Waals surface area (Å²) in [7, 11) is 1.67. The molecule has 1 amide bonds. The van der Waals surface area contributed by atoms with Gasteiger partial charge in [-0.25, -0.2) is 0 Å². The van der Waals surface area contributed by atoms with Crippen molar-refractivity contribution in [3.63, 3.8) is 0 Å². The summed E-state index contributed by atoms with van der Waals surface area (Å²) < 4.78 is 10.8. The largest absolute Gasteiger partial charge is 0.496 e. The number of rotatable bonds is 7. The lowest BCUT2D eigenvalue weighted by molar-refractivity contribution is 0.0952. The highest BCUT2D eigenvalue weighted by atomic mass is 16.5. The van der Waals surface area contributed by atoms with Crippen LogP contribution in [0.2, 0.25) is 0 Å². The van der Waals surface area contributed by atoms with Crippen molar-refractivity contribution in [3.8, 4) is 16.9 Å². The van der Waals surface area contributed by atoms with Gasteiger partial charge >= 0.3 is 0 Å². The maximum atomic E-state index is 12.3. The SMILES string of the molecule is COc1ccccc1-c1ccc(C(=O)NCCC[C@H]2CCOC2)cc1. The van der Waals surface area contributed by atoms with Crippen molar-refractivity contribution in [1.29, 1.82) is 0 Å². The topological polar surface area (TPSA) is 47.6 Å². The molecule has 0 unspecified atom stereocenters. The molecule has 1 heterocycles. The van der Waals surface area contributed by atoms with Gasteiger partial charge in [0, 0.05) is 30.9 Å². The summed E-state index contributed by atoms with van der Waals surface area (Å²) in [6.07, 6.45) is 3.27. The van der Waals surface area contributed by atoms with Crippen LogP contribution in [-0.4, -0.2) is 32.8 Å². The van der Waals surface area contributed by atoms with Gasteiger partial charge in [-0.2, -0.15) is 0 Å². The number of hydrogen-bond acceptors (Lipinski definition) is 3. The molecule has 1 saturated heterocycles. The number of carbonyl (C=O) groups is 1. The summed E-state index contributed by atoms with van der Waals surface area (Å²) in [5.41, 5.74) is 2.74. The average Bonchev–Trinajstić information content (AvgIpc) is 3.18. The molecule has 1 aliphatic heterocycles. The zero-order valence-electron chi connectivity index (χ0n) is 14.7. The number of ether oxygens (including phenoxy) is 2. The van der Waals surface area contributed by atoms with Crippen molar-refractivity contribution in [2.24, 2.45) is 5.92 Å². The van der Waals surface area contributed by atoms with Crippen LogP contribution in [0.3, 0.4) is 0 Å². The highest BCUT2D eigenvalue weighted by Gasteiger charge is 2.15. The Labute approximate surface area is 149 Å². The highest BCUT2D eigenvalue weighted by Crippen LogP contribution is 2.29. The van der Waals surface area contributed by atoms with Gasteiger partial charge in [-0.05, 0) is 48.9 Å². The molecule has 1 fully saturated rings. The molecule has 1 atom stereocenters. The Bertz CT molecular complexity index is 691. The minimum atomic E-state index is -0.0192. The van der Waals surface area contributed by atoms with E-state index in [0.29, 0.717) is 18.0 Å². The Morgan fingerprint density at radius 1 is 1.20 bits per heavy atom. The summed E-state index contributed by atoms with van der Waals surface area (Å²) in [6.45, 7) is 2.47. The van der Waals surface area contributed by atoms with E-state index in [0.717, 1.165) is 49.4 Å². The molecule has 0 bridgehead atoms. The number of methoxy groups -OCH3 is 1. The number of amides is 1. The van der Waals surface area contributed by atoms with Crippen LogP contribution in [0, 0.1) is 5.92 Å². The van der Waals surface area contributed by atoms with E-state index in [2.05, 4.69) is 5.32 Å². The van der Waals surface area contributed by atoms with Gasteiger partial charge in [-0.15, -0.1) is 0 Å². The molecule has 4 nitrogen and oxygen atoms in total. The summed E-state index contributed by atoms with van der Waals surface area (Å²) in [4.78, 5) is 12.3. The van der Waals surface area contributed by atoms with E-state index in [4.69, 9.17) is 9.47 Å². The number of para-hydroxylation sites is 1. The Balaban J connectivity index is 1.53. The van der Waals surface area contributed by atoms with E-state index in [-0.39, 0.29) is 5.91 Å². The smallest absolute Gasteiger partial charge is 0.251 e. The van der Waals surface area contributed by atoms with Gasteiger partial charge in [0.25, 0.3) is 5.91 Å². The molecule has 3 rings (SSSR count). The van der Waals surface area contributed by atoms with Crippen molar-refractivity contribution in [1.82, 2.24) is 5.32 Å². The monoisotopic (exact) mass is 339 g/mol. The fourth-order valence-corrected chi connectivity index (χ4v) is 3.19. The van der Waals surface area contributed by atoms with Gasteiger partial charge < -0.3 is 14.8 Å². The van der Waals surface area contributed by atoms with Crippen LogP contribution >= 0.6 is 0 Å². The zero-order valence-corrected chi connectivity index (χ0v) is 14.7. The summed E-state index contributed by atoms with van der Waals surface area (Å²) in [6, 6.07) is 15.5. The lowest BCUT2D eigenvalue weighted by Gasteiger charge is -2.10. The normalized spacial score (nSPS) is 16.6. The summed E-state index contributed by atoms with van der Waals surface area (Å²) in [5.74, 6) is 1.47. The van der Waals surface area contributed by atoms with Crippen LogP contribution in [0.1, 0.15) is 29.6 Å². The maximum Gasteiger partial charge on any atom is 0.251 e. The molecule has 0 radical (unpaired) electrons. The van der Waals surface area contributed by atoms with Crippen LogP contribution in [0.15, 0.2) is 48.5 Å². The predicted molar refractivity (Wildman–Crippen MR) is 98.9 cm³/mol. The maximum absolute atomic E-state index is 12.3. The first-order chi connectivity index (χ1) is 12.3. The Kier molecular flexibility index (Phi) is 6.07. The van der Waals surface area contributed by atoms with Crippen LogP contribution < -0.4 is 10.1 Å². The lowest BCUT2D eigenvalue weighted by Crippen LogP contribution is -2.24. The Morgan fingerprint density at radius 2 is 2.00 bits per heavy atom. The van der Waals surface area contributed by atoms with E-state index >= 15 is 0 Å². The molecular formula is C21H25NO3. The van der Waals surface area contributed by atoms with Crippen LogP contribution in [-0.2, 0) is 4.74 Å². The third-order valence-electron chi connectivity index (χ3n) is 4.66. The molecule has 0 saturated carbocycles. The van der Waals surface area contributed by atoms with E-state index < -0.39 is 0 Å². The fraction of sp³-hybridized carbons (Fsp3) is 0.381. The van der Waals surface area contributed by atoms with Gasteiger partial charge in [0.2, 0.25) is 0 Å². The molecule has 1 aliphatic rings. The van der Waals surface area contributed by atoms with E-state index in [9.17, 15) is 4.79 Å². The lowest BCUT2D eigenvalue weighted by atomic mass is 10.0. The zero-order chi connectivity index (χ0) is 17.5. The second kappa shape index (κ2) is 8.67. The van der Waals surface area contributed by atoms with Gasteiger partial charge in [0.05, 0.1) is 7.11 Å². The molecule has 2 aromatic carbocycles. The molecule has 4 heteroatoms. The second-order valence-corrected chi connectivity index (χ2v) is 6.41. The van der Waals surface area contributed by atoms with Crippen molar-refractivity contribution < 1.29 is 14.3 Å². The van der Waals surface area contributed by atoms with E-state index in [1.165, 1.54) is 0 Å². The first-order valence-corrected chi connectivity index (χ1v) is 8.87. The number of nitrogens with one attached hydrogen (secondary N) is 1. The molecule has 1 N–H and O–H groups in total. The summed E-state index contributed by atoms with van der Waals surface area (Å²) in [5, 5.41) is 3.00. The Hall–Kier alpha value is -2.33. The van der Waals surface area contributed by atoms with E-state index in [1.54, 1.807) is 7.11 Å². The standard InChI is InChI=1S/C21H25NO3/c1-24-20-7-3-2-6-19(20)17-8-10-18(11-9-17)21(23)22-13-4-5-16-12-14-25-15-16/h2-3,6-11,16H,4-5,12-15H2,1H3,(H,22,23)/t16-/m0/s1. The van der Waals surface area contributed by atoms with Gasteiger partial charge in [0.1, 0.15) is 5.75 Å². The third kappa shape index (κ3) is 4.60. The molecule has 132 valence electrons. The summed E-state index contributed by atoms with van der Waals surface area (Å²) >= 11 is 0. The number of carbonyl (C=O) groups excluding carboxylic acids is 1. The predicted octanol–water partition coefficient (Wildman–Crippen LogP) is 3.91. The van der Waals surface area contributed by atoms with Crippen LogP contribution in [0.4, 0.5) is 0 Å². The quantitative estimate of drug-likeness (QED) is 0.778. The molecule has 0 aromatic heterocycles. The van der Waals surface area contributed by atoms with Crippen molar-refractivity contribution in [3.05, 3.63) is 54.1 Å². The van der Waals surface area contributed by atoms with Crippen molar-refractivity contribution in [2.75, 3.05) is 26.9 Å². The molecule has 25 heavy (non-hydrogen) atoms. The number of benzene rings is 2. The molecule has 0 spiro atoms. The first kappa shape index (κ1) is 17.5. The van der Waals surface area contributed by atoms with Crippen molar-refractivity contribution in [2.45, 2.75) is 19.3 Å². The van der Waals surface area contributed by atoms with Gasteiger partial charge in [-0.3, -0.25) is 4.79 Å². The minimum absolute atomic E-state index is 0.0192. The molecular weight excluding hydrogens is 314 g/mol. The Morgan fingerprint density at radius 3 is 2.72 bits per heavy atom. The van der Waals surface area contributed by atoms with E-state index in [1.807, 2.05) is 48.5 Å². The highest BCUT2D eigenvalue weighted by molar-refractivity contribution is 5.94. The van der Waals surface area contributed by atoms with Crippen molar-refractivity contribution >= 4 is 5.91 Å². The molecule has 2 aromatic rings. The van der Waals surface area contributed by atoms with Gasteiger partial charge in [0.15, 0.2) is 0 Å². The van der Waals surface area contributed by atoms with Crippen LogP contribution in [0.5, 0.6) is 5.75 Å². The fourth-order valence-electron chi connectivity index (χ4n) is 3.19. The molecule has 0 aliphatic carbocycles. The third-order valence-corrected chi connectivity index (χ3v) is 4.66. The minimum Gasteiger partial charge on any atom is -0.496 e. The first-order valence-electron chi connectivity index (χ1n) is 8.87. The second-order valence-electron chi connectivity index (χ2n) is 6.41. The average molecular weight is 339 g/mol.